The van der Waals surface area contributed by atoms with Crippen LogP contribution in [0.25, 0.3) is 0 Å². The van der Waals surface area contributed by atoms with E-state index in [0.717, 1.165) is 10.6 Å². The molecule has 0 saturated heterocycles. The molecule has 1 aromatic rings. The van der Waals surface area contributed by atoms with Crippen molar-refractivity contribution in [2.45, 2.75) is 17.9 Å². The summed E-state index contributed by atoms with van der Waals surface area (Å²) in [6.45, 7) is 1.86. The third-order valence-electron chi connectivity index (χ3n) is 1.89. The molecule has 3 N–H and O–H groups in total. The van der Waals surface area contributed by atoms with Gasteiger partial charge in [0.2, 0.25) is 0 Å². The second-order valence-electron chi connectivity index (χ2n) is 3.42. The highest BCUT2D eigenvalue weighted by Gasteiger charge is 2.03. The van der Waals surface area contributed by atoms with Gasteiger partial charge in [-0.25, -0.2) is 4.79 Å². The highest BCUT2D eigenvalue weighted by molar-refractivity contribution is 7.98. The third-order valence-corrected chi connectivity index (χ3v) is 2.61. The quantitative estimate of drug-likeness (QED) is 0.704. The van der Waals surface area contributed by atoms with Crippen molar-refractivity contribution in [3.8, 4) is 0 Å². The van der Waals surface area contributed by atoms with Gasteiger partial charge in [-0.3, -0.25) is 0 Å². The van der Waals surface area contributed by atoms with Crippen molar-refractivity contribution in [2.75, 3.05) is 18.1 Å². The van der Waals surface area contributed by atoms with E-state index in [2.05, 4.69) is 10.6 Å². The minimum atomic E-state index is -0.539. The van der Waals surface area contributed by atoms with Gasteiger partial charge in [0.25, 0.3) is 0 Å². The molecule has 5 heteroatoms. The summed E-state index contributed by atoms with van der Waals surface area (Å²) in [5.41, 5.74) is 0.745. The SMILES string of the molecule is CSc1cccc(NC(=O)NCC(C)O)c1. The maximum absolute atomic E-state index is 11.4. The first-order valence-electron chi connectivity index (χ1n) is 4.99. The summed E-state index contributed by atoms with van der Waals surface area (Å²) < 4.78 is 0. The van der Waals surface area contributed by atoms with Crippen LogP contribution in [0.2, 0.25) is 0 Å². The molecule has 88 valence electrons. The average molecular weight is 240 g/mol. The van der Waals surface area contributed by atoms with Gasteiger partial charge in [0.15, 0.2) is 0 Å². The van der Waals surface area contributed by atoms with Crippen molar-refractivity contribution in [2.24, 2.45) is 0 Å². The lowest BCUT2D eigenvalue weighted by atomic mass is 10.3. The Balaban J connectivity index is 2.49. The van der Waals surface area contributed by atoms with Crippen LogP contribution in [-0.2, 0) is 0 Å². The number of carbonyl (C=O) groups is 1. The van der Waals surface area contributed by atoms with Crippen LogP contribution in [0.1, 0.15) is 6.92 Å². The Morgan fingerprint density at radius 2 is 2.31 bits per heavy atom. The number of benzene rings is 1. The molecule has 0 aliphatic heterocycles. The fraction of sp³-hybridized carbons (Fsp3) is 0.364. The van der Waals surface area contributed by atoms with Gasteiger partial charge in [0.1, 0.15) is 0 Å². The van der Waals surface area contributed by atoms with Crippen LogP contribution in [0.5, 0.6) is 0 Å². The van der Waals surface area contributed by atoms with E-state index < -0.39 is 6.10 Å². The average Bonchev–Trinajstić information content (AvgIpc) is 2.26. The Morgan fingerprint density at radius 1 is 1.56 bits per heavy atom. The second kappa shape index (κ2) is 6.40. The molecule has 0 aliphatic carbocycles. The van der Waals surface area contributed by atoms with Gasteiger partial charge in [-0.15, -0.1) is 11.8 Å². The first kappa shape index (κ1) is 12.9. The van der Waals surface area contributed by atoms with E-state index in [1.807, 2.05) is 30.5 Å². The predicted octanol–water partition coefficient (Wildman–Crippen LogP) is 1.91. The molecule has 0 radical (unpaired) electrons. The standard InChI is InChI=1S/C11H16N2O2S/c1-8(14)7-12-11(15)13-9-4-3-5-10(6-9)16-2/h3-6,8,14H,7H2,1-2H3,(H2,12,13,15). The van der Waals surface area contributed by atoms with E-state index in [1.54, 1.807) is 18.7 Å². The van der Waals surface area contributed by atoms with Gasteiger partial charge in [0, 0.05) is 17.1 Å². The second-order valence-corrected chi connectivity index (χ2v) is 4.30. The third kappa shape index (κ3) is 4.55. The first-order valence-corrected chi connectivity index (χ1v) is 6.21. The van der Waals surface area contributed by atoms with Crippen molar-refractivity contribution < 1.29 is 9.90 Å². The van der Waals surface area contributed by atoms with Gasteiger partial charge in [0.05, 0.1) is 6.10 Å². The Morgan fingerprint density at radius 3 is 2.94 bits per heavy atom. The van der Waals surface area contributed by atoms with Crippen LogP contribution in [0, 0.1) is 0 Å². The molecule has 4 nitrogen and oxygen atoms in total. The topological polar surface area (TPSA) is 61.4 Å². The molecular formula is C11H16N2O2S. The molecule has 0 saturated carbocycles. The van der Waals surface area contributed by atoms with Crippen LogP contribution in [0.4, 0.5) is 10.5 Å². The fourth-order valence-electron chi connectivity index (χ4n) is 1.12. The summed E-state index contributed by atoms with van der Waals surface area (Å²) in [7, 11) is 0. The van der Waals surface area contributed by atoms with E-state index in [0.29, 0.717) is 0 Å². The monoisotopic (exact) mass is 240 g/mol. The van der Waals surface area contributed by atoms with Gasteiger partial charge in [-0.05, 0) is 31.4 Å². The summed E-state index contributed by atoms with van der Waals surface area (Å²) in [5.74, 6) is 0. The number of amides is 2. The smallest absolute Gasteiger partial charge is 0.319 e. The van der Waals surface area contributed by atoms with Gasteiger partial charge in [-0.2, -0.15) is 0 Å². The summed E-state index contributed by atoms with van der Waals surface area (Å²) in [5, 5.41) is 14.3. The molecule has 1 atom stereocenters. The maximum atomic E-state index is 11.4. The number of carbonyl (C=O) groups excluding carboxylic acids is 1. The number of urea groups is 1. The van der Waals surface area contributed by atoms with E-state index >= 15 is 0 Å². The molecule has 0 bridgehead atoms. The highest BCUT2D eigenvalue weighted by atomic mass is 32.2. The molecule has 0 spiro atoms. The van der Waals surface area contributed by atoms with Crippen molar-refractivity contribution in [3.05, 3.63) is 24.3 Å². The largest absolute Gasteiger partial charge is 0.392 e. The lowest BCUT2D eigenvalue weighted by molar-refractivity contribution is 0.190. The highest BCUT2D eigenvalue weighted by Crippen LogP contribution is 2.18. The molecule has 0 fully saturated rings. The first-order chi connectivity index (χ1) is 7.61. The minimum Gasteiger partial charge on any atom is -0.392 e. The Labute approximate surface area is 99.4 Å². The molecule has 1 rings (SSSR count). The van der Waals surface area contributed by atoms with E-state index in [-0.39, 0.29) is 12.6 Å². The molecule has 1 aromatic carbocycles. The van der Waals surface area contributed by atoms with Gasteiger partial charge >= 0.3 is 6.03 Å². The molecule has 1 unspecified atom stereocenters. The zero-order valence-electron chi connectivity index (χ0n) is 9.36. The molecule has 0 heterocycles. The van der Waals surface area contributed by atoms with Crippen LogP contribution >= 0.6 is 11.8 Å². The van der Waals surface area contributed by atoms with Crippen LogP contribution in [-0.4, -0.2) is 30.0 Å². The number of anilines is 1. The summed E-state index contributed by atoms with van der Waals surface area (Å²) in [6.07, 6.45) is 1.44. The summed E-state index contributed by atoms with van der Waals surface area (Å²) in [4.78, 5) is 12.5. The fourth-order valence-corrected chi connectivity index (χ4v) is 1.58. The zero-order valence-corrected chi connectivity index (χ0v) is 10.2. The van der Waals surface area contributed by atoms with E-state index in [9.17, 15) is 4.79 Å². The predicted molar refractivity (Wildman–Crippen MR) is 66.9 cm³/mol. The lowest BCUT2D eigenvalue weighted by Gasteiger charge is -2.09. The van der Waals surface area contributed by atoms with Gasteiger partial charge in [-0.1, -0.05) is 6.07 Å². The van der Waals surface area contributed by atoms with Crippen LogP contribution in [0.3, 0.4) is 0 Å². The number of aliphatic hydroxyl groups excluding tert-OH is 1. The van der Waals surface area contributed by atoms with Crippen LogP contribution in [0.15, 0.2) is 29.2 Å². The number of thioether (sulfide) groups is 1. The molecule has 0 aromatic heterocycles. The van der Waals surface area contributed by atoms with Crippen LogP contribution < -0.4 is 10.6 Å². The molecule has 16 heavy (non-hydrogen) atoms. The Hall–Kier alpha value is -1.20. The summed E-state index contributed by atoms with van der Waals surface area (Å²) in [6, 6.07) is 7.27. The molecule has 0 aliphatic rings. The minimum absolute atomic E-state index is 0.244. The number of hydrogen-bond donors (Lipinski definition) is 3. The lowest BCUT2D eigenvalue weighted by Crippen LogP contribution is -2.34. The number of nitrogens with one attached hydrogen (secondary N) is 2. The molecule has 2 amide bonds. The number of rotatable bonds is 4. The zero-order chi connectivity index (χ0) is 12.0. The Bertz CT molecular complexity index is 356. The maximum Gasteiger partial charge on any atom is 0.319 e. The van der Waals surface area contributed by atoms with E-state index in [1.165, 1.54) is 0 Å². The number of aliphatic hydroxyl groups is 1. The van der Waals surface area contributed by atoms with Crippen molar-refractivity contribution in [1.29, 1.82) is 0 Å². The van der Waals surface area contributed by atoms with Gasteiger partial charge < -0.3 is 15.7 Å². The number of hydrogen-bond acceptors (Lipinski definition) is 3. The normalized spacial score (nSPS) is 11.9. The van der Waals surface area contributed by atoms with Crippen molar-refractivity contribution >= 4 is 23.5 Å². The van der Waals surface area contributed by atoms with Crippen molar-refractivity contribution in [1.82, 2.24) is 5.32 Å². The Kier molecular flexibility index (Phi) is 5.14. The summed E-state index contributed by atoms with van der Waals surface area (Å²) >= 11 is 1.62. The van der Waals surface area contributed by atoms with Crippen molar-refractivity contribution in [3.63, 3.8) is 0 Å². The van der Waals surface area contributed by atoms with E-state index in [4.69, 9.17) is 5.11 Å². The molecular weight excluding hydrogens is 224 g/mol.